The molecule has 1 aromatic carbocycles. The lowest BCUT2D eigenvalue weighted by Gasteiger charge is -2.36. The van der Waals surface area contributed by atoms with Crippen LogP contribution in [0.2, 0.25) is 0 Å². The Morgan fingerprint density at radius 3 is 2.63 bits per heavy atom. The molecule has 2 rings (SSSR count). The number of likely N-dealkylation sites (N-methyl/N-ethyl adjacent to an activating group) is 1. The van der Waals surface area contributed by atoms with Crippen molar-refractivity contribution in [1.82, 2.24) is 10.4 Å². The predicted octanol–water partition coefficient (Wildman–Crippen LogP) is 1.78. The Bertz CT molecular complexity index is 439. The third-order valence-corrected chi connectivity index (χ3v) is 3.61. The molecular weight excluding hydrogens is 240 g/mol. The molecule has 1 aliphatic heterocycles. The molecule has 1 aliphatic rings. The van der Waals surface area contributed by atoms with E-state index in [0.717, 1.165) is 38.4 Å². The Balaban J connectivity index is 2.07. The number of nitrogens with one attached hydrogen (secondary N) is 1. The maximum atomic E-state index is 8.49. The number of benzene rings is 1. The zero-order valence-corrected chi connectivity index (χ0v) is 11.6. The third-order valence-electron chi connectivity index (χ3n) is 3.61. The van der Waals surface area contributed by atoms with Gasteiger partial charge in [0.1, 0.15) is 6.34 Å². The van der Waals surface area contributed by atoms with Gasteiger partial charge in [0.05, 0.1) is 5.69 Å². The Labute approximate surface area is 114 Å². The summed E-state index contributed by atoms with van der Waals surface area (Å²) in [6.07, 6.45) is 1.27. The summed E-state index contributed by atoms with van der Waals surface area (Å²) in [5.41, 5.74) is 5.26. The predicted molar refractivity (Wildman–Crippen MR) is 78.6 cm³/mol. The summed E-state index contributed by atoms with van der Waals surface area (Å²) in [5.74, 6) is 0. The largest absolute Gasteiger partial charge is 0.369 e. The first kappa shape index (κ1) is 13.8. The van der Waals surface area contributed by atoms with Crippen LogP contribution >= 0.6 is 0 Å². The lowest BCUT2D eigenvalue weighted by atomic mass is 10.1. The molecule has 19 heavy (non-hydrogen) atoms. The molecule has 1 heterocycles. The molecule has 0 saturated carbocycles. The molecule has 0 atom stereocenters. The molecular formula is C14H22N4O. The van der Waals surface area contributed by atoms with E-state index in [1.807, 2.05) is 17.6 Å². The molecule has 1 saturated heterocycles. The van der Waals surface area contributed by atoms with Crippen LogP contribution in [0.3, 0.4) is 0 Å². The van der Waals surface area contributed by atoms with Crippen LogP contribution in [0.5, 0.6) is 0 Å². The summed E-state index contributed by atoms with van der Waals surface area (Å²) in [6.45, 7) is 9.87. The first-order chi connectivity index (χ1) is 9.24. The molecule has 0 spiro atoms. The lowest BCUT2D eigenvalue weighted by molar-refractivity contribution is 0.240. The molecule has 104 valence electrons. The van der Waals surface area contributed by atoms with Crippen molar-refractivity contribution in [2.24, 2.45) is 4.99 Å². The van der Waals surface area contributed by atoms with Crippen molar-refractivity contribution < 1.29 is 5.21 Å². The second-order valence-corrected chi connectivity index (χ2v) is 4.78. The lowest BCUT2D eigenvalue weighted by Crippen LogP contribution is -2.46. The standard InChI is InChI=1S/C14H22N4O/c1-3-17-6-8-18(9-7-17)14-5-4-13(10-12(14)2)15-11-16-19/h4-5,10-11,19H,3,6-9H2,1-2H3,(H,15,16). The molecule has 5 nitrogen and oxygen atoms in total. The molecule has 0 bridgehead atoms. The number of aliphatic imine (C=N–C) groups is 1. The smallest absolute Gasteiger partial charge is 0.113 e. The van der Waals surface area contributed by atoms with Gasteiger partial charge in [-0.1, -0.05) is 6.92 Å². The average molecular weight is 262 g/mol. The van der Waals surface area contributed by atoms with E-state index in [9.17, 15) is 0 Å². The quantitative estimate of drug-likeness (QED) is 0.493. The molecule has 1 aromatic rings. The van der Waals surface area contributed by atoms with E-state index in [1.165, 1.54) is 17.6 Å². The highest BCUT2D eigenvalue weighted by Gasteiger charge is 2.17. The van der Waals surface area contributed by atoms with Crippen LogP contribution in [0.1, 0.15) is 12.5 Å². The second kappa shape index (κ2) is 6.54. The van der Waals surface area contributed by atoms with Crippen molar-refractivity contribution in [2.75, 3.05) is 37.6 Å². The number of hydroxylamine groups is 1. The average Bonchev–Trinajstić information content (AvgIpc) is 2.45. The normalized spacial score (nSPS) is 17.1. The van der Waals surface area contributed by atoms with Gasteiger partial charge in [0.2, 0.25) is 0 Å². The summed E-state index contributed by atoms with van der Waals surface area (Å²) in [7, 11) is 0. The van der Waals surface area contributed by atoms with Crippen LogP contribution in [-0.4, -0.2) is 49.2 Å². The molecule has 5 heteroatoms. The topological polar surface area (TPSA) is 51.1 Å². The third kappa shape index (κ3) is 3.45. The van der Waals surface area contributed by atoms with E-state index >= 15 is 0 Å². The molecule has 0 aliphatic carbocycles. The molecule has 0 unspecified atom stereocenters. The van der Waals surface area contributed by atoms with E-state index in [2.05, 4.69) is 34.7 Å². The Morgan fingerprint density at radius 2 is 2.05 bits per heavy atom. The Hall–Kier alpha value is -1.59. The molecule has 0 aromatic heterocycles. The molecule has 0 radical (unpaired) electrons. The van der Waals surface area contributed by atoms with Crippen LogP contribution in [0.15, 0.2) is 23.2 Å². The highest BCUT2D eigenvalue weighted by molar-refractivity contribution is 5.64. The number of nitrogens with zero attached hydrogens (tertiary/aromatic N) is 3. The maximum Gasteiger partial charge on any atom is 0.113 e. The summed E-state index contributed by atoms with van der Waals surface area (Å²) >= 11 is 0. The van der Waals surface area contributed by atoms with E-state index in [1.54, 1.807) is 0 Å². The van der Waals surface area contributed by atoms with Gasteiger partial charge in [-0.2, -0.15) is 0 Å². The van der Waals surface area contributed by atoms with Crippen LogP contribution < -0.4 is 10.4 Å². The van der Waals surface area contributed by atoms with Crippen LogP contribution in [0, 0.1) is 6.92 Å². The van der Waals surface area contributed by atoms with Crippen molar-refractivity contribution in [3.63, 3.8) is 0 Å². The fraction of sp³-hybridized carbons (Fsp3) is 0.500. The van der Waals surface area contributed by atoms with Crippen LogP contribution in [-0.2, 0) is 0 Å². The fourth-order valence-electron chi connectivity index (χ4n) is 2.48. The monoisotopic (exact) mass is 262 g/mol. The SMILES string of the molecule is CCN1CCN(c2ccc(N=CNO)cc2C)CC1. The van der Waals surface area contributed by atoms with Gasteiger partial charge < -0.3 is 9.80 Å². The van der Waals surface area contributed by atoms with Gasteiger partial charge in [-0.3, -0.25) is 10.7 Å². The summed E-state index contributed by atoms with van der Waals surface area (Å²) in [6, 6.07) is 6.12. The highest BCUT2D eigenvalue weighted by Crippen LogP contribution is 2.25. The van der Waals surface area contributed by atoms with Gasteiger partial charge >= 0.3 is 0 Å². The van der Waals surface area contributed by atoms with E-state index in [4.69, 9.17) is 5.21 Å². The van der Waals surface area contributed by atoms with Crippen molar-refractivity contribution >= 4 is 17.7 Å². The van der Waals surface area contributed by atoms with Crippen LogP contribution in [0.25, 0.3) is 0 Å². The molecule has 1 fully saturated rings. The fourth-order valence-corrected chi connectivity index (χ4v) is 2.48. The molecule has 0 amide bonds. The van der Waals surface area contributed by atoms with Gasteiger partial charge in [0, 0.05) is 31.9 Å². The number of hydrogen-bond acceptors (Lipinski definition) is 4. The number of hydrogen-bond donors (Lipinski definition) is 2. The highest BCUT2D eigenvalue weighted by atomic mass is 16.5. The number of piperazine rings is 1. The van der Waals surface area contributed by atoms with Gasteiger partial charge in [-0.15, -0.1) is 0 Å². The first-order valence-electron chi connectivity index (χ1n) is 6.74. The van der Waals surface area contributed by atoms with Crippen LogP contribution in [0.4, 0.5) is 11.4 Å². The van der Waals surface area contributed by atoms with Gasteiger partial charge in [-0.05, 0) is 37.2 Å². The van der Waals surface area contributed by atoms with Gasteiger partial charge in [0.25, 0.3) is 0 Å². The minimum absolute atomic E-state index is 0.843. The Morgan fingerprint density at radius 1 is 1.32 bits per heavy atom. The maximum absolute atomic E-state index is 8.49. The van der Waals surface area contributed by atoms with Gasteiger partial charge in [0.15, 0.2) is 0 Å². The Kier molecular flexibility index (Phi) is 4.76. The first-order valence-corrected chi connectivity index (χ1v) is 6.74. The van der Waals surface area contributed by atoms with Gasteiger partial charge in [-0.25, -0.2) is 4.99 Å². The van der Waals surface area contributed by atoms with Crippen molar-refractivity contribution in [1.29, 1.82) is 0 Å². The van der Waals surface area contributed by atoms with E-state index < -0.39 is 0 Å². The minimum atomic E-state index is 0.843. The zero-order valence-electron chi connectivity index (χ0n) is 11.6. The van der Waals surface area contributed by atoms with Crippen molar-refractivity contribution in [3.8, 4) is 0 Å². The second-order valence-electron chi connectivity index (χ2n) is 4.78. The number of aryl methyl sites for hydroxylation is 1. The van der Waals surface area contributed by atoms with Crippen molar-refractivity contribution in [3.05, 3.63) is 23.8 Å². The summed E-state index contributed by atoms with van der Waals surface area (Å²) in [5, 5.41) is 8.49. The van der Waals surface area contributed by atoms with Crippen molar-refractivity contribution in [2.45, 2.75) is 13.8 Å². The number of rotatable bonds is 4. The summed E-state index contributed by atoms with van der Waals surface area (Å²) in [4.78, 5) is 8.98. The molecule has 2 N–H and O–H groups in total. The van der Waals surface area contributed by atoms with E-state index in [-0.39, 0.29) is 0 Å². The van der Waals surface area contributed by atoms with E-state index in [0.29, 0.717) is 0 Å². The summed E-state index contributed by atoms with van der Waals surface area (Å²) < 4.78 is 0. The zero-order chi connectivity index (χ0) is 13.7. The number of anilines is 1. The minimum Gasteiger partial charge on any atom is -0.369 e.